The molecule has 6 heteroatoms. The molecule has 0 heterocycles. The molecule has 1 saturated carbocycles. The minimum absolute atomic E-state index is 0.255. The maximum atomic E-state index is 12.3. The Hall–Kier alpha value is -0.590. The second kappa shape index (κ2) is 7.11. The van der Waals surface area contributed by atoms with E-state index in [0.29, 0.717) is 22.6 Å². The van der Waals surface area contributed by atoms with Crippen LogP contribution in [-0.2, 0) is 10.0 Å². The summed E-state index contributed by atoms with van der Waals surface area (Å²) in [5, 5.41) is 0. The number of sulfonamides is 1. The van der Waals surface area contributed by atoms with Crippen molar-refractivity contribution in [3.8, 4) is 0 Å². The monoisotopic (exact) mass is 374 g/mol. The van der Waals surface area contributed by atoms with E-state index in [1.807, 2.05) is 0 Å². The molecule has 21 heavy (non-hydrogen) atoms. The predicted octanol–water partition coefficient (Wildman–Crippen LogP) is 3.53. The lowest BCUT2D eigenvalue weighted by Gasteiger charge is -2.27. The average Bonchev–Trinajstić information content (AvgIpc) is 2.48. The van der Waals surface area contributed by atoms with E-state index in [2.05, 4.69) is 27.6 Å². The molecule has 2 rings (SSSR count). The third kappa shape index (κ3) is 4.44. The van der Waals surface area contributed by atoms with E-state index < -0.39 is 10.0 Å². The Labute approximate surface area is 135 Å². The molecule has 0 radical (unpaired) electrons. The molecule has 0 aromatic heterocycles. The van der Waals surface area contributed by atoms with Gasteiger partial charge in [0.15, 0.2) is 0 Å². The Morgan fingerprint density at radius 2 is 1.86 bits per heavy atom. The van der Waals surface area contributed by atoms with Gasteiger partial charge in [0.2, 0.25) is 10.0 Å². The lowest BCUT2D eigenvalue weighted by molar-refractivity contribution is 0.270. The molecule has 1 fully saturated rings. The largest absolute Gasteiger partial charge is 0.398 e. The third-order valence-corrected chi connectivity index (χ3v) is 6.50. The maximum absolute atomic E-state index is 12.3. The van der Waals surface area contributed by atoms with Gasteiger partial charge in [-0.1, -0.05) is 26.2 Å². The lowest BCUT2D eigenvalue weighted by Crippen LogP contribution is -2.31. The predicted molar refractivity (Wildman–Crippen MR) is 89.5 cm³/mol. The molecule has 1 aromatic carbocycles. The Morgan fingerprint density at radius 3 is 2.43 bits per heavy atom. The second-order valence-corrected chi connectivity index (χ2v) is 8.45. The van der Waals surface area contributed by atoms with Crippen LogP contribution in [-0.4, -0.2) is 15.0 Å². The van der Waals surface area contributed by atoms with Gasteiger partial charge in [0.25, 0.3) is 0 Å². The summed E-state index contributed by atoms with van der Waals surface area (Å²) in [5.41, 5.74) is 6.22. The number of hydrogen-bond acceptors (Lipinski definition) is 3. The first kappa shape index (κ1) is 16.8. The third-order valence-electron chi connectivity index (χ3n) is 4.39. The summed E-state index contributed by atoms with van der Waals surface area (Å²) in [6.07, 6.45) is 5.91. The molecule has 0 amide bonds. The van der Waals surface area contributed by atoms with Crippen molar-refractivity contribution in [1.82, 2.24) is 4.72 Å². The van der Waals surface area contributed by atoms with Gasteiger partial charge in [-0.3, -0.25) is 0 Å². The highest BCUT2D eigenvalue weighted by atomic mass is 79.9. The summed E-state index contributed by atoms with van der Waals surface area (Å²) in [4.78, 5) is 0.255. The summed E-state index contributed by atoms with van der Waals surface area (Å²) in [7, 11) is -3.45. The number of nitrogens with one attached hydrogen (secondary N) is 1. The Bertz CT molecular complexity index is 581. The molecule has 4 nitrogen and oxygen atoms in total. The maximum Gasteiger partial charge on any atom is 0.240 e. The molecule has 0 spiro atoms. The van der Waals surface area contributed by atoms with E-state index in [-0.39, 0.29) is 4.90 Å². The highest BCUT2D eigenvalue weighted by Crippen LogP contribution is 2.30. The van der Waals surface area contributed by atoms with Crippen LogP contribution in [0.15, 0.2) is 27.6 Å². The first-order valence-electron chi connectivity index (χ1n) is 7.47. The van der Waals surface area contributed by atoms with Crippen molar-refractivity contribution in [3.05, 3.63) is 22.7 Å². The van der Waals surface area contributed by atoms with Crippen molar-refractivity contribution in [1.29, 1.82) is 0 Å². The van der Waals surface area contributed by atoms with Crippen LogP contribution in [0.2, 0.25) is 0 Å². The zero-order chi connectivity index (χ0) is 15.5. The normalized spacial score (nSPS) is 23.1. The van der Waals surface area contributed by atoms with Crippen LogP contribution in [0.3, 0.4) is 0 Å². The Kier molecular flexibility index (Phi) is 5.68. The van der Waals surface area contributed by atoms with Crippen molar-refractivity contribution >= 4 is 31.6 Å². The van der Waals surface area contributed by atoms with E-state index in [4.69, 9.17) is 5.73 Å². The average molecular weight is 375 g/mol. The molecule has 0 bridgehead atoms. The van der Waals surface area contributed by atoms with Gasteiger partial charge >= 0.3 is 0 Å². The Balaban J connectivity index is 1.94. The summed E-state index contributed by atoms with van der Waals surface area (Å²) in [5.74, 6) is 1.28. The van der Waals surface area contributed by atoms with Crippen molar-refractivity contribution in [2.45, 2.75) is 43.9 Å². The van der Waals surface area contributed by atoms with Gasteiger partial charge in [0.05, 0.1) is 4.90 Å². The first-order chi connectivity index (χ1) is 9.92. The van der Waals surface area contributed by atoms with Crippen molar-refractivity contribution in [2.75, 3.05) is 12.3 Å². The van der Waals surface area contributed by atoms with Crippen LogP contribution in [0.4, 0.5) is 5.69 Å². The molecule has 1 aliphatic carbocycles. The summed E-state index contributed by atoms with van der Waals surface area (Å²) in [6.45, 7) is 2.76. The van der Waals surface area contributed by atoms with Crippen LogP contribution < -0.4 is 10.5 Å². The number of hydrogen-bond donors (Lipinski definition) is 2. The fourth-order valence-electron chi connectivity index (χ4n) is 2.83. The molecule has 0 saturated heterocycles. The number of halogens is 1. The molecule has 1 aliphatic rings. The fraction of sp³-hybridized carbons (Fsp3) is 0.600. The van der Waals surface area contributed by atoms with Crippen LogP contribution >= 0.6 is 15.9 Å². The van der Waals surface area contributed by atoms with E-state index >= 15 is 0 Å². The van der Waals surface area contributed by atoms with Gasteiger partial charge in [-0.2, -0.15) is 0 Å². The van der Waals surface area contributed by atoms with Crippen LogP contribution in [0, 0.1) is 11.8 Å². The van der Waals surface area contributed by atoms with Crippen LogP contribution in [0.1, 0.15) is 39.0 Å². The van der Waals surface area contributed by atoms with E-state index in [1.54, 1.807) is 12.1 Å². The quantitative estimate of drug-likeness (QED) is 0.774. The first-order valence-corrected chi connectivity index (χ1v) is 9.74. The molecule has 0 atom stereocenters. The zero-order valence-corrected chi connectivity index (χ0v) is 14.7. The van der Waals surface area contributed by atoms with Crippen LogP contribution in [0.25, 0.3) is 0 Å². The van der Waals surface area contributed by atoms with Gasteiger partial charge in [-0.15, -0.1) is 0 Å². The minimum Gasteiger partial charge on any atom is -0.398 e. The standard InChI is InChI=1S/C15H23BrN2O2S/c1-2-11-3-5-12(6-4-11)10-18-21(19,20)13-7-8-15(17)14(16)9-13/h7-9,11-12,18H,2-6,10,17H2,1H3. The lowest BCUT2D eigenvalue weighted by atomic mass is 9.81. The topological polar surface area (TPSA) is 72.2 Å². The number of nitrogen functional groups attached to an aromatic ring is 1. The highest BCUT2D eigenvalue weighted by Gasteiger charge is 2.22. The van der Waals surface area contributed by atoms with Gasteiger partial charge in [0.1, 0.15) is 0 Å². The molecule has 0 unspecified atom stereocenters. The summed E-state index contributed by atoms with van der Waals surface area (Å²) < 4.78 is 27.9. The van der Waals surface area contributed by atoms with Crippen molar-refractivity contribution in [3.63, 3.8) is 0 Å². The molecule has 118 valence electrons. The van der Waals surface area contributed by atoms with Crippen molar-refractivity contribution < 1.29 is 8.42 Å². The Morgan fingerprint density at radius 1 is 1.24 bits per heavy atom. The number of rotatable bonds is 5. The molecule has 0 aliphatic heterocycles. The van der Waals surface area contributed by atoms with E-state index in [1.165, 1.54) is 25.3 Å². The van der Waals surface area contributed by atoms with Gasteiger partial charge < -0.3 is 5.73 Å². The molecular weight excluding hydrogens is 352 g/mol. The summed E-state index contributed by atoms with van der Waals surface area (Å²) in [6, 6.07) is 4.69. The van der Waals surface area contributed by atoms with Gasteiger partial charge in [-0.05, 0) is 58.8 Å². The minimum atomic E-state index is -3.45. The smallest absolute Gasteiger partial charge is 0.240 e. The number of anilines is 1. The van der Waals surface area contributed by atoms with Crippen molar-refractivity contribution in [2.24, 2.45) is 11.8 Å². The SMILES string of the molecule is CCC1CCC(CNS(=O)(=O)c2ccc(N)c(Br)c2)CC1. The number of nitrogens with two attached hydrogens (primary N) is 1. The fourth-order valence-corrected chi connectivity index (χ4v) is 4.50. The van der Waals surface area contributed by atoms with Crippen LogP contribution in [0.5, 0.6) is 0 Å². The molecule has 3 N–H and O–H groups in total. The highest BCUT2D eigenvalue weighted by molar-refractivity contribution is 9.10. The molecule has 1 aromatic rings. The van der Waals surface area contributed by atoms with Gasteiger partial charge in [0, 0.05) is 16.7 Å². The van der Waals surface area contributed by atoms with E-state index in [0.717, 1.165) is 18.8 Å². The zero-order valence-electron chi connectivity index (χ0n) is 12.3. The van der Waals surface area contributed by atoms with E-state index in [9.17, 15) is 8.42 Å². The molecular formula is C15H23BrN2O2S. The number of benzene rings is 1. The second-order valence-electron chi connectivity index (χ2n) is 5.83. The van der Waals surface area contributed by atoms with Gasteiger partial charge in [-0.25, -0.2) is 13.1 Å². The summed E-state index contributed by atoms with van der Waals surface area (Å²) >= 11 is 3.26.